The molecule has 0 bridgehead atoms. The van der Waals surface area contributed by atoms with Crippen molar-refractivity contribution in [2.45, 2.75) is 38.6 Å². The summed E-state index contributed by atoms with van der Waals surface area (Å²) >= 11 is 0. The van der Waals surface area contributed by atoms with E-state index in [4.69, 9.17) is 5.84 Å². The lowest BCUT2D eigenvalue weighted by Gasteiger charge is -2.33. The number of nitrogens with one attached hydrogen (secondary N) is 2. The molecule has 6 nitrogen and oxygen atoms in total. The molecule has 1 aromatic rings. The van der Waals surface area contributed by atoms with Gasteiger partial charge in [0.05, 0.1) is 17.4 Å². The topological polar surface area (TPSA) is 83.3 Å². The van der Waals surface area contributed by atoms with Gasteiger partial charge in [-0.25, -0.2) is 0 Å². The number of aromatic nitrogens is 1. The predicted molar refractivity (Wildman–Crippen MR) is 83.9 cm³/mol. The Kier molecular flexibility index (Phi) is 5.95. The van der Waals surface area contributed by atoms with Crippen LogP contribution in [0, 0.1) is 0 Å². The maximum absolute atomic E-state index is 12.1. The van der Waals surface area contributed by atoms with Crippen LogP contribution in [0.25, 0.3) is 0 Å². The Morgan fingerprint density at radius 2 is 2.38 bits per heavy atom. The van der Waals surface area contributed by atoms with E-state index in [1.165, 1.54) is 25.8 Å². The van der Waals surface area contributed by atoms with Gasteiger partial charge in [-0.05, 0) is 38.8 Å². The van der Waals surface area contributed by atoms with Crippen molar-refractivity contribution in [1.82, 2.24) is 15.2 Å². The molecule has 21 heavy (non-hydrogen) atoms. The summed E-state index contributed by atoms with van der Waals surface area (Å²) in [6.07, 6.45) is 8.02. The normalized spacial score (nSPS) is 19.2. The van der Waals surface area contributed by atoms with Gasteiger partial charge in [-0.15, -0.1) is 0 Å². The zero-order valence-electron chi connectivity index (χ0n) is 12.6. The van der Waals surface area contributed by atoms with E-state index in [9.17, 15) is 4.79 Å². The predicted octanol–water partition coefficient (Wildman–Crippen LogP) is 1.36. The number of pyridine rings is 1. The molecule has 4 N–H and O–H groups in total. The molecule has 1 amide bonds. The Bertz CT molecular complexity index is 465. The summed E-state index contributed by atoms with van der Waals surface area (Å²) in [4.78, 5) is 18.5. The van der Waals surface area contributed by atoms with Gasteiger partial charge in [0.15, 0.2) is 0 Å². The molecule has 2 heterocycles. The van der Waals surface area contributed by atoms with Crippen molar-refractivity contribution in [3.8, 4) is 0 Å². The summed E-state index contributed by atoms with van der Waals surface area (Å²) in [5.74, 6) is 5.27. The molecular formula is C15H25N5O. The van der Waals surface area contributed by atoms with Crippen LogP contribution >= 0.6 is 0 Å². The van der Waals surface area contributed by atoms with Gasteiger partial charge in [0.25, 0.3) is 5.91 Å². The number of hydrogen-bond donors (Lipinski definition) is 3. The molecule has 6 heteroatoms. The zero-order chi connectivity index (χ0) is 15.1. The fourth-order valence-electron chi connectivity index (χ4n) is 2.78. The van der Waals surface area contributed by atoms with E-state index in [0.29, 0.717) is 23.8 Å². The number of nitrogens with two attached hydrogens (primary N) is 1. The standard InChI is InChI=1S/C15H25N5O/c1-12-5-2-3-9-20(12)10-4-7-18-15(21)13-6-8-17-11-14(13)19-16/h6,8,11-12,19H,2-5,7,9-10,16H2,1H3,(H,18,21). The quantitative estimate of drug-likeness (QED) is 0.419. The first kappa shape index (κ1) is 15.7. The smallest absolute Gasteiger partial charge is 0.253 e. The molecule has 1 atom stereocenters. The summed E-state index contributed by atoms with van der Waals surface area (Å²) in [5, 5.41) is 2.94. The second kappa shape index (κ2) is 7.95. The lowest BCUT2D eigenvalue weighted by atomic mass is 10.0. The maximum atomic E-state index is 12.1. The number of carbonyl (C=O) groups excluding carboxylic acids is 1. The molecule has 1 aromatic heterocycles. The maximum Gasteiger partial charge on any atom is 0.253 e. The highest BCUT2D eigenvalue weighted by Gasteiger charge is 2.17. The van der Waals surface area contributed by atoms with E-state index in [2.05, 4.69) is 27.6 Å². The van der Waals surface area contributed by atoms with E-state index < -0.39 is 0 Å². The van der Waals surface area contributed by atoms with E-state index in [1.54, 1.807) is 18.5 Å². The molecule has 1 unspecified atom stereocenters. The summed E-state index contributed by atoms with van der Waals surface area (Å²) < 4.78 is 0. The Balaban J connectivity index is 1.74. The van der Waals surface area contributed by atoms with Crippen LogP contribution in [0.1, 0.15) is 43.0 Å². The largest absolute Gasteiger partial charge is 0.352 e. The molecule has 1 saturated heterocycles. The average molecular weight is 291 g/mol. The summed E-state index contributed by atoms with van der Waals surface area (Å²) in [7, 11) is 0. The van der Waals surface area contributed by atoms with Crippen LogP contribution in [0.2, 0.25) is 0 Å². The molecular weight excluding hydrogens is 266 g/mol. The van der Waals surface area contributed by atoms with Crippen molar-refractivity contribution < 1.29 is 4.79 Å². The van der Waals surface area contributed by atoms with Crippen LogP contribution in [-0.2, 0) is 0 Å². The molecule has 0 saturated carbocycles. The Morgan fingerprint density at radius 3 is 3.14 bits per heavy atom. The molecule has 2 rings (SSSR count). The molecule has 1 aliphatic rings. The lowest BCUT2D eigenvalue weighted by Crippen LogP contribution is -2.39. The Morgan fingerprint density at radius 1 is 1.52 bits per heavy atom. The van der Waals surface area contributed by atoms with Gasteiger partial charge in [-0.2, -0.15) is 0 Å². The van der Waals surface area contributed by atoms with Crippen LogP contribution < -0.4 is 16.6 Å². The van der Waals surface area contributed by atoms with Crippen LogP contribution in [-0.4, -0.2) is 41.5 Å². The van der Waals surface area contributed by atoms with Crippen molar-refractivity contribution in [2.75, 3.05) is 25.1 Å². The highest BCUT2D eigenvalue weighted by molar-refractivity contribution is 5.99. The monoisotopic (exact) mass is 291 g/mol. The summed E-state index contributed by atoms with van der Waals surface area (Å²) in [6.45, 7) is 5.18. The van der Waals surface area contributed by atoms with Gasteiger partial charge in [0.2, 0.25) is 0 Å². The SMILES string of the molecule is CC1CCCCN1CCCNC(=O)c1ccncc1NN. The van der Waals surface area contributed by atoms with Crippen LogP contribution in [0.3, 0.4) is 0 Å². The van der Waals surface area contributed by atoms with E-state index in [1.807, 2.05) is 0 Å². The zero-order valence-corrected chi connectivity index (χ0v) is 12.6. The van der Waals surface area contributed by atoms with E-state index in [0.717, 1.165) is 13.0 Å². The number of hydrazine groups is 1. The number of likely N-dealkylation sites (tertiary alicyclic amines) is 1. The van der Waals surface area contributed by atoms with E-state index in [-0.39, 0.29) is 5.91 Å². The number of amides is 1. The Labute approximate surface area is 126 Å². The number of piperidine rings is 1. The van der Waals surface area contributed by atoms with Gasteiger partial charge in [0, 0.05) is 25.3 Å². The number of rotatable bonds is 6. The molecule has 1 fully saturated rings. The fraction of sp³-hybridized carbons (Fsp3) is 0.600. The van der Waals surface area contributed by atoms with Crippen LogP contribution in [0.4, 0.5) is 5.69 Å². The molecule has 116 valence electrons. The third-order valence-electron chi connectivity index (χ3n) is 4.07. The molecule has 1 aliphatic heterocycles. The van der Waals surface area contributed by atoms with Gasteiger partial charge >= 0.3 is 0 Å². The van der Waals surface area contributed by atoms with Gasteiger partial charge in [-0.1, -0.05) is 6.42 Å². The minimum Gasteiger partial charge on any atom is -0.352 e. The van der Waals surface area contributed by atoms with Crippen LogP contribution in [0.15, 0.2) is 18.5 Å². The van der Waals surface area contributed by atoms with Crippen molar-refractivity contribution in [2.24, 2.45) is 5.84 Å². The number of carbonyl (C=O) groups is 1. The highest BCUT2D eigenvalue weighted by atomic mass is 16.1. The molecule has 0 aromatic carbocycles. The minimum atomic E-state index is -0.114. The summed E-state index contributed by atoms with van der Waals surface area (Å²) in [6, 6.07) is 2.33. The summed E-state index contributed by atoms with van der Waals surface area (Å²) in [5.41, 5.74) is 3.56. The fourth-order valence-corrected chi connectivity index (χ4v) is 2.78. The first-order valence-corrected chi connectivity index (χ1v) is 7.65. The molecule has 0 aliphatic carbocycles. The van der Waals surface area contributed by atoms with Crippen molar-refractivity contribution in [1.29, 1.82) is 0 Å². The number of nitrogens with zero attached hydrogens (tertiary/aromatic N) is 2. The number of anilines is 1. The van der Waals surface area contributed by atoms with Gasteiger partial charge in [-0.3, -0.25) is 15.6 Å². The minimum absolute atomic E-state index is 0.114. The van der Waals surface area contributed by atoms with Crippen LogP contribution in [0.5, 0.6) is 0 Å². The second-order valence-corrected chi connectivity index (χ2v) is 5.56. The first-order valence-electron chi connectivity index (χ1n) is 7.65. The van der Waals surface area contributed by atoms with Crippen molar-refractivity contribution >= 4 is 11.6 Å². The second-order valence-electron chi connectivity index (χ2n) is 5.56. The molecule has 0 radical (unpaired) electrons. The Hall–Kier alpha value is -1.66. The number of hydrogen-bond acceptors (Lipinski definition) is 5. The first-order chi connectivity index (χ1) is 10.2. The average Bonchev–Trinajstić information content (AvgIpc) is 2.52. The van der Waals surface area contributed by atoms with E-state index >= 15 is 0 Å². The lowest BCUT2D eigenvalue weighted by molar-refractivity contribution is 0.0949. The van der Waals surface area contributed by atoms with Crippen molar-refractivity contribution in [3.63, 3.8) is 0 Å². The molecule has 0 spiro atoms. The van der Waals surface area contributed by atoms with Gasteiger partial charge in [0.1, 0.15) is 0 Å². The highest BCUT2D eigenvalue weighted by Crippen LogP contribution is 2.16. The number of nitrogen functional groups attached to an aromatic ring is 1. The third kappa shape index (κ3) is 4.41. The van der Waals surface area contributed by atoms with Crippen molar-refractivity contribution in [3.05, 3.63) is 24.0 Å². The third-order valence-corrected chi connectivity index (χ3v) is 4.07. The van der Waals surface area contributed by atoms with Gasteiger partial charge < -0.3 is 15.6 Å².